The van der Waals surface area contributed by atoms with Gasteiger partial charge in [0.1, 0.15) is 0 Å². The van der Waals surface area contributed by atoms with Crippen molar-refractivity contribution in [3.63, 3.8) is 0 Å². The van der Waals surface area contributed by atoms with Gasteiger partial charge in [-0.15, -0.1) is 0 Å². The zero-order valence-electron chi connectivity index (χ0n) is 11.1. The molecule has 0 fully saturated rings. The summed E-state index contributed by atoms with van der Waals surface area (Å²) in [5, 5.41) is 11.4. The highest BCUT2D eigenvalue weighted by molar-refractivity contribution is 6.04. The van der Waals surface area contributed by atoms with E-state index in [1.807, 2.05) is 0 Å². The van der Waals surface area contributed by atoms with E-state index >= 15 is 0 Å². The summed E-state index contributed by atoms with van der Waals surface area (Å²) in [4.78, 5) is 15.7. The van der Waals surface area contributed by atoms with Gasteiger partial charge in [0.15, 0.2) is 11.6 Å². The van der Waals surface area contributed by atoms with Gasteiger partial charge in [-0.3, -0.25) is 4.79 Å². The molecule has 0 aliphatic rings. The normalized spacial score (nSPS) is 10.2. The van der Waals surface area contributed by atoms with Gasteiger partial charge in [-0.05, 0) is 30.2 Å². The summed E-state index contributed by atoms with van der Waals surface area (Å²) < 4.78 is 13.9. The molecule has 7 heteroatoms. The Kier molecular flexibility index (Phi) is 4.81. The quantitative estimate of drug-likeness (QED) is 0.491. The molecule has 2 rings (SSSR count). The van der Waals surface area contributed by atoms with Crippen LogP contribution in [0.5, 0.6) is 0 Å². The van der Waals surface area contributed by atoms with Crippen LogP contribution in [0.3, 0.4) is 0 Å². The number of hydrogen-bond acceptors (Lipinski definition) is 5. The van der Waals surface area contributed by atoms with Crippen LogP contribution >= 0.6 is 0 Å². The second kappa shape index (κ2) is 6.78. The van der Waals surface area contributed by atoms with Gasteiger partial charge in [-0.2, -0.15) is 0 Å². The Labute approximate surface area is 120 Å². The van der Waals surface area contributed by atoms with Crippen molar-refractivity contribution in [3.05, 3.63) is 53.5 Å². The first-order valence-corrected chi connectivity index (χ1v) is 6.28. The highest BCUT2D eigenvalue weighted by Gasteiger charge is 2.15. The van der Waals surface area contributed by atoms with E-state index in [0.29, 0.717) is 12.1 Å². The predicted octanol–water partition coefficient (Wildman–Crippen LogP) is 1.29. The molecule has 0 saturated carbocycles. The molecule has 5 N–H and O–H groups in total. The third-order valence-corrected chi connectivity index (χ3v) is 2.88. The molecule has 0 aliphatic carbocycles. The fraction of sp³-hybridized carbons (Fsp3) is 0.143. The van der Waals surface area contributed by atoms with Crippen LogP contribution in [0.25, 0.3) is 0 Å². The summed E-state index contributed by atoms with van der Waals surface area (Å²) in [7, 11) is 0. The molecule has 0 atom stereocenters. The number of anilines is 2. The second-order valence-electron chi connectivity index (χ2n) is 4.29. The fourth-order valence-corrected chi connectivity index (χ4v) is 1.80. The van der Waals surface area contributed by atoms with E-state index in [9.17, 15) is 9.18 Å². The van der Waals surface area contributed by atoms with Crippen molar-refractivity contribution in [3.8, 4) is 0 Å². The average Bonchev–Trinajstić information content (AvgIpc) is 2.49. The molecule has 0 bridgehead atoms. The summed E-state index contributed by atoms with van der Waals surface area (Å²) in [6, 6.07) is 8.20. The molecule has 0 spiro atoms. The number of hydrogen-bond donors (Lipinski definition) is 4. The van der Waals surface area contributed by atoms with Gasteiger partial charge in [0, 0.05) is 18.5 Å². The Morgan fingerprint density at radius 3 is 2.62 bits per heavy atom. The van der Waals surface area contributed by atoms with Crippen LogP contribution in [0.1, 0.15) is 15.9 Å². The minimum Gasteiger partial charge on any atom is -0.396 e. The Morgan fingerprint density at radius 2 is 2.00 bits per heavy atom. The minimum atomic E-state index is -0.811. The second-order valence-corrected chi connectivity index (χ2v) is 4.29. The van der Waals surface area contributed by atoms with Crippen molar-refractivity contribution >= 4 is 17.4 Å². The van der Waals surface area contributed by atoms with E-state index in [1.165, 1.54) is 12.3 Å². The van der Waals surface area contributed by atoms with Gasteiger partial charge in [0.05, 0.1) is 5.56 Å². The Hall–Kier alpha value is -2.51. The van der Waals surface area contributed by atoms with Gasteiger partial charge in [-0.1, -0.05) is 12.1 Å². The number of nitrogens with zero attached hydrogens (tertiary/aromatic N) is 1. The number of aliphatic hydroxyl groups is 1. The van der Waals surface area contributed by atoms with E-state index in [-0.39, 0.29) is 18.0 Å². The molecule has 2 aromatic rings. The molecule has 6 nitrogen and oxygen atoms in total. The van der Waals surface area contributed by atoms with Gasteiger partial charge in [0.2, 0.25) is 0 Å². The number of hydrazine groups is 1. The fourth-order valence-electron chi connectivity index (χ4n) is 1.80. The van der Waals surface area contributed by atoms with Crippen molar-refractivity contribution in [2.24, 2.45) is 5.84 Å². The van der Waals surface area contributed by atoms with E-state index < -0.39 is 11.7 Å². The number of halogens is 1. The van der Waals surface area contributed by atoms with Crippen LogP contribution in [0.2, 0.25) is 0 Å². The monoisotopic (exact) mass is 290 g/mol. The van der Waals surface area contributed by atoms with E-state index in [0.717, 1.165) is 5.56 Å². The highest BCUT2D eigenvalue weighted by atomic mass is 19.1. The number of rotatable bonds is 5. The summed E-state index contributed by atoms with van der Waals surface area (Å²) in [6.07, 6.45) is 1.83. The molecular weight excluding hydrogens is 275 g/mol. The summed E-state index contributed by atoms with van der Waals surface area (Å²) in [5.41, 5.74) is 3.40. The van der Waals surface area contributed by atoms with Crippen molar-refractivity contribution < 1.29 is 14.3 Å². The number of nitrogens with one attached hydrogen (secondary N) is 2. The van der Waals surface area contributed by atoms with Crippen LogP contribution in [0.15, 0.2) is 36.5 Å². The average molecular weight is 290 g/mol. The number of pyridine rings is 1. The lowest BCUT2D eigenvalue weighted by molar-refractivity contribution is 0.102. The molecule has 0 saturated heterocycles. The Balaban J connectivity index is 2.14. The SMILES string of the molecule is NNc1nccc(C(=O)Nc2ccc(CCO)cc2)c1F. The van der Waals surface area contributed by atoms with Crippen molar-refractivity contribution in [2.75, 3.05) is 17.3 Å². The Morgan fingerprint density at radius 1 is 1.29 bits per heavy atom. The lowest BCUT2D eigenvalue weighted by Gasteiger charge is -2.08. The number of benzene rings is 1. The first kappa shape index (κ1) is 14.9. The number of nitrogen functional groups attached to an aromatic ring is 1. The third kappa shape index (κ3) is 3.53. The molecular formula is C14H15FN4O2. The Bertz CT molecular complexity index is 631. The zero-order valence-corrected chi connectivity index (χ0v) is 11.1. The van der Waals surface area contributed by atoms with Gasteiger partial charge >= 0.3 is 0 Å². The number of nitrogens with two attached hydrogens (primary N) is 1. The number of carbonyl (C=O) groups is 1. The van der Waals surface area contributed by atoms with Crippen LogP contribution in [-0.2, 0) is 6.42 Å². The van der Waals surface area contributed by atoms with Gasteiger partial charge < -0.3 is 15.8 Å². The molecule has 0 radical (unpaired) electrons. The summed E-state index contributed by atoms with van der Waals surface area (Å²) in [6.45, 7) is 0.0583. The molecule has 110 valence electrons. The number of aliphatic hydroxyl groups excluding tert-OH is 1. The lowest BCUT2D eigenvalue weighted by atomic mass is 10.1. The maximum atomic E-state index is 13.9. The largest absolute Gasteiger partial charge is 0.396 e. The maximum Gasteiger partial charge on any atom is 0.258 e. The van der Waals surface area contributed by atoms with Crippen molar-refractivity contribution in [1.29, 1.82) is 0 Å². The van der Waals surface area contributed by atoms with E-state index in [2.05, 4.69) is 15.7 Å². The molecule has 1 aromatic carbocycles. The molecule has 0 unspecified atom stereocenters. The van der Waals surface area contributed by atoms with E-state index in [1.54, 1.807) is 24.3 Å². The third-order valence-electron chi connectivity index (χ3n) is 2.88. The van der Waals surface area contributed by atoms with Crippen molar-refractivity contribution in [1.82, 2.24) is 4.98 Å². The van der Waals surface area contributed by atoms with Gasteiger partial charge in [-0.25, -0.2) is 15.2 Å². The standard InChI is InChI=1S/C14H15FN4O2/c15-12-11(5-7-17-13(12)19-16)14(21)18-10-3-1-9(2-4-10)6-8-20/h1-5,7,20H,6,8,16H2,(H,17,19)(H,18,21). The first-order valence-electron chi connectivity index (χ1n) is 6.28. The topological polar surface area (TPSA) is 100 Å². The molecule has 1 amide bonds. The predicted molar refractivity (Wildman–Crippen MR) is 77.2 cm³/mol. The van der Waals surface area contributed by atoms with Crippen LogP contribution in [0, 0.1) is 5.82 Å². The zero-order chi connectivity index (χ0) is 15.2. The van der Waals surface area contributed by atoms with Gasteiger partial charge in [0.25, 0.3) is 5.91 Å². The van der Waals surface area contributed by atoms with E-state index in [4.69, 9.17) is 10.9 Å². The molecule has 21 heavy (non-hydrogen) atoms. The number of carbonyl (C=O) groups excluding carboxylic acids is 1. The van der Waals surface area contributed by atoms with Crippen LogP contribution in [-0.4, -0.2) is 22.6 Å². The minimum absolute atomic E-state index is 0.0583. The van der Waals surface area contributed by atoms with Crippen molar-refractivity contribution in [2.45, 2.75) is 6.42 Å². The molecule has 1 aromatic heterocycles. The maximum absolute atomic E-state index is 13.9. The number of aromatic nitrogens is 1. The first-order chi connectivity index (χ1) is 10.2. The summed E-state index contributed by atoms with van der Waals surface area (Å²) in [5.74, 6) is 3.51. The highest BCUT2D eigenvalue weighted by Crippen LogP contribution is 2.16. The lowest BCUT2D eigenvalue weighted by Crippen LogP contribution is -2.17. The molecule has 0 aliphatic heterocycles. The number of amides is 1. The van der Waals surface area contributed by atoms with Crippen LogP contribution in [0.4, 0.5) is 15.9 Å². The summed E-state index contributed by atoms with van der Waals surface area (Å²) >= 11 is 0. The smallest absolute Gasteiger partial charge is 0.258 e. The molecule has 1 heterocycles. The van der Waals surface area contributed by atoms with Crippen LogP contribution < -0.4 is 16.6 Å².